The zero-order chi connectivity index (χ0) is 38.4. The number of amides is 2. The minimum atomic E-state index is -4.20. The van der Waals surface area contributed by atoms with Crippen LogP contribution < -0.4 is 14.9 Å². The molecular weight excluding hydrogens is 729 g/mol. The molecule has 0 spiro atoms. The molecule has 14 heteroatoms. The molecule has 3 aromatic carbocycles. The van der Waals surface area contributed by atoms with E-state index in [0.29, 0.717) is 29.1 Å². The van der Waals surface area contributed by atoms with Gasteiger partial charge in [-0.3, -0.25) is 9.59 Å². The maximum atomic E-state index is 13.9. The topological polar surface area (TPSA) is 183 Å². The number of carboxylic acid groups (broad SMARTS) is 2. The SMILES string of the molecule is CCCN(c1ccc(C(=O)O)cn1)S(=O)(=O)c1cccc(C(=O)Nc2sc3c(c2C(=O)Nc2ccc(CCc4ccc(C(=O)O)cc4)cc2)CCCC3)c1. The molecule has 6 rings (SSSR count). The maximum absolute atomic E-state index is 13.9. The molecule has 1 aliphatic carbocycles. The van der Waals surface area contributed by atoms with Crippen LogP contribution in [0.2, 0.25) is 0 Å². The minimum Gasteiger partial charge on any atom is -0.478 e. The Hall–Kier alpha value is -5.86. The van der Waals surface area contributed by atoms with Gasteiger partial charge >= 0.3 is 11.9 Å². The van der Waals surface area contributed by atoms with Gasteiger partial charge in [-0.15, -0.1) is 11.3 Å². The first kappa shape index (κ1) is 37.9. The molecule has 0 radical (unpaired) electrons. The number of hydrogen-bond acceptors (Lipinski definition) is 8. The molecule has 0 saturated heterocycles. The summed E-state index contributed by atoms with van der Waals surface area (Å²) in [6.07, 6.45) is 6.35. The number of rotatable bonds is 14. The molecule has 5 aromatic rings. The number of carbonyl (C=O) groups excluding carboxylic acids is 2. The number of pyridine rings is 1. The van der Waals surface area contributed by atoms with Crippen LogP contribution in [0, 0.1) is 0 Å². The lowest BCUT2D eigenvalue weighted by atomic mass is 9.95. The predicted octanol–water partition coefficient (Wildman–Crippen LogP) is 7.31. The zero-order valence-corrected chi connectivity index (χ0v) is 31.0. The van der Waals surface area contributed by atoms with E-state index in [4.69, 9.17) is 5.11 Å². The van der Waals surface area contributed by atoms with Gasteiger partial charge in [-0.1, -0.05) is 37.3 Å². The Morgan fingerprint density at radius 2 is 1.43 bits per heavy atom. The number of sulfonamides is 1. The van der Waals surface area contributed by atoms with E-state index in [2.05, 4.69) is 15.6 Å². The third kappa shape index (κ3) is 8.50. The zero-order valence-electron chi connectivity index (χ0n) is 29.4. The average molecular weight is 767 g/mol. The van der Waals surface area contributed by atoms with Gasteiger partial charge in [0, 0.05) is 28.9 Å². The molecule has 1 aliphatic rings. The van der Waals surface area contributed by atoms with Crippen LogP contribution in [0.25, 0.3) is 0 Å². The predicted molar refractivity (Wildman–Crippen MR) is 207 cm³/mol. The lowest BCUT2D eigenvalue weighted by Gasteiger charge is -2.23. The summed E-state index contributed by atoms with van der Waals surface area (Å²) in [4.78, 5) is 55.0. The molecule has 0 atom stereocenters. The second-order valence-corrected chi connectivity index (χ2v) is 15.8. The van der Waals surface area contributed by atoms with E-state index in [9.17, 15) is 32.7 Å². The van der Waals surface area contributed by atoms with E-state index in [1.807, 2.05) is 24.3 Å². The number of hydrogen-bond donors (Lipinski definition) is 4. The van der Waals surface area contributed by atoms with E-state index >= 15 is 0 Å². The molecule has 278 valence electrons. The Morgan fingerprint density at radius 3 is 2.06 bits per heavy atom. The van der Waals surface area contributed by atoms with E-state index < -0.39 is 27.9 Å². The highest BCUT2D eigenvalue weighted by atomic mass is 32.2. The molecule has 12 nitrogen and oxygen atoms in total. The van der Waals surface area contributed by atoms with Crippen LogP contribution in [0.1, 0.15) is 89.2 Å². The fourth-order valence-corrected chi connectivity index (χ4v) is 9.11. The molecule has 2 heterocycles. The van der Waals surface area contributed by atoms with Crippen molar-refractivity contribution in [3.05, 3.63) is 135 Å². The number of fused-ring (bicyclic) bond motifs is 1. The Labute approximate surface area is 316 Å². The third-order valence-corrected chi connectivity index (χ3v) is 12.1. The number of carbonyl (C=O) groups is 4. The summed E-state index contributed by atoms with van der Waals surface area (Å²) < 4.78 is 28.8. The smallest absolute Gasteiger partial charge is 0.337 e. The second-order valence-electron chi connectivity index (χ2n) is 12.8. The third-order valence-electron chi connectivity index (χ3n) is 9.10. The van der Waals surface area contributed by atoms with Crippen LogP contribution in [0.5, 0.6) is 0 Å². The fraction of sp³-hybridized carbons (Fsp3) is 0.225. The monoisotopic (exact) mass is 766 g/mol. The highest BCUT2D eigenvalue weighted by Gasteiger charge is 2.29. The van der Waals surface area contributed by atoms with Gasteiger partial charge in [-0.05, 0) is 116 Å². The lowest BCUT2D eigenvalue weighted by molar-refractivity contribution is 0.0686. The van der Waals surface area contributed by atoms with Crippen LogP contribution in [0.3, 0.4) is 0 Å². The van der Waals surface area contributed by atoms with Gasteiger partial charge in [0.25, 0.3) is 21.8 Å². The average Bonchev–Trinajstić information content (AvgIpc) is 3.54. The first-order valence-corrected chi connectivity index (χ1v) is 19.7. The molecule has 4 N–H and O–H groups in total. The van der Waals surface area contributed by atoms with Crippen molar-refractivity contribution in [1.82, 2.24) is 4.98 Å². The summed E-state index contributed by atoms with van der Waals surface area (Å²) in [7, 11) is -4.20. The number of carboxylic acids is 2. The Balaban J connectivity index is 1.18. The summed E-state index contributed by atoms with van der Waals surface area (Å²) in [6.45, 7) is 1.88. The molecule has 0 bridgehead atoms. The molecule has 0 unspecified atom stereocenters. The van der Waals surface area contributed by atoms with Crippen molar-refractivity contribution in [3.8, 4) is 0 Å². The first-order chi connectivity index (χ1) is 25.9. The summed E-state index contributed by atoms with van der Waals surface area (Å²) in [5.41, 5.74) is 4.18. The van der Waals surface area contributed by atoms with Crippen molar-refractivity contribution in [2.75, 3.05) is 21.5 Å². The lowest BCUT2D eigenvalue weighted by Crippen LogP contribution is -2.32. The number of anilines is 3. The molecular formula is C40H38N4O8S2. The van der Waals surface area contributed by atoms with Crippen LogP contribution in [-0.2, 0) is 35.7 Å². The van der Waals surface area contributed by atoms with Crippen LogP contribution in [0.4, 0.5) is 16.5 Å². The standard InChI is InChI=1S/C40H38N4O8S2/c1-2-22-44(34-21-18-29(24-41-34)40(49)50)54(51,52)31-7-5-6-28(23-31)36(45)43-38-35(32-8-3-4-9-33(32)53-38)37(46)42-30-19-14-26(15-20-30)11-10-25-12-16-27(17-13-25)39(47)48/h5-7,12-21,23-24H,2-4,8-11,22H2,1H3,(H,42,46)(H,43,45)(H,47,48)(H,49,50). The molecule has 2 aromatic heterocycles. The van der Waals surface area contributed by atoms with E-state index in [0.717, 1.165) is 64.2 Å². The molecule has 0 saturated carbocycles. The Morgan fingerprint density at radius 1 is 0.778 bits per heavy atom. The van der Waals surface area contributed by atoms with E-state index in [1.165, 1.54) is 47.7 Å². The maximum Gasteiger partial charge on any atom is 0.337 e. The molecule has 2 amide bonds. The largest absolute Gasteiger partial charge is 0.478 e. The Kier molecular flexibility index (Phi) is 11.5. The van der Waals surface area contributed by atoms with Gasteiger partial charge in [0.1, 0.15) is 10.8 Å². The summed E-state index contributed by atoms with van der Waals surface area (Å²) >= 11 is 1.35. The Bertz CT molecular complexity index is 2300. The quantitative estimate of drug-likeness (QED) is 0.0900. The van der Waals surface area contributed by atoms with Crippen LogP contribution in [0.15, 0.2) is 96.0 Å². The van der Waals surface area contributed by atoms with Crippen molar-refractivity contribution in [1.29, 1.82) is 0 Å². The van der Waals surface area contributed by atoms with Crippen molar-refractivity contribution >= 4 is 61.6 Å². The van der Waals surface area contributed by atoms with Gasteiger partial charge in [0.05, 0.1) is 21.6 Å². The van der Waals surface area contributed by atoms with E-state index in [1.54, 1.807) is 31.2 Å². The van der Waals surface area contributed by atoms with Crippen molar-refractivity contribution in [2.45, 2.75) is 56.8 Å². The van der Waals surface area contributed by atoms with Gasteiger partial charge in [-0.2, -0.15) is 0 Å². The van der Waals surface area contributed by atoms with Gasteiger partial charge in [0.15, 0.2) is 0 Å². The van der Waals surface area contributed by atoms with Gasteiger partial charge in [0.2, 0.25) is 0 Å². The molecule has 54 heavy (non-hydrogen) atoms. The van der Waals surface area contributed by atoms with Crippen molar-refractivity contribution in [3.63, 3.8) is 0 Å². The van der Waals surface area contributed by atoms with Crippen molar-refractivity contribution < 1.29 is 37.8 Å². The van der Waals surface area contributed by atoms with E-state index in [-0.39, 0.29) is 39.9 Å². The number of thiophene rings is 1. The normalized spacial score (nSPS) is 12.4. The van der Waals surface area contributed by atoms with Crippen molar-refractivity contribution in [2.24, 2.45) is 0 Å². The minimum absolute atomic E-state index is 0.0518. The molecule has 0 fully saturated rings. The first-order valence-electron chi connectivity index (χ1n) is 17.4. The fourth-order valence-electron chi connectivity index (χ4n) is 6.27. The highest BCUT2D eigenvalue weighted by Crippen LogP contribution is 2.39. The number of benzene rings is 3. The summed E-state index contributed by atoms with van der Waals surface area (Å²) in [6, 6.07) is 22.5. The van der Waals surface area contributed by atoms with Gasteiger partial charge < -0.3 is 20.8 Å². The second kappa shape index (κ2) is 16.4. The summed E-state index contributed by atoms with van der Waals surface area (Å²) in [5.74, 6) is -3.03. The van der Waals surface area contributed by atoms with Crippen LogP contribution in [-0.4, -0.2) is 53.9 Å². The number of aromatic nitrogens is 1. The summed E-state index contributed by atoms with van der Waals surface area (Å²) in [5, 5.41) is 24.6. The number of aryl methyl sites for hydroxylation is 3. The number of nitrogens with one attached hydrogen (secondary N) is 2. The number of nitrogens with zero attached hydrogens (tertiary/aromatic N) is 2. The number of aromatic carboxylic acids is 2. The van der Waals surface area contributed by atoms with Gasteiger partial charge in [-0.25, -0.2) is 27.3 Å². The van der Waals surface area contributed by atoms with Crippen LogP contribution >= 0.6 is 11.3 Å². The molecule has 0 aliphatic heterocycles. The highest BCUT2D eigenvalue weighted by molar-refractivity contribution is 7.92.